The van der Waals surface area contributed by atoms with Gasteiger partial charge in [-0.05, 0) is 40.0 Å². The first-order valence-corrected chi connectivity index (χ1v) is 7.35. The number of H-pyrrole nitrogens is 1. The summed E-state index contributed by atoms with van der Waals surface area (Å²) in [6.45, 7) is 5.95. The summed E-state index contributed by atoms with van der Waals surface area (Å²) in [6.07, 6.45) is 3.45. The summed E-state index contributed by atoms with van der Waals surface area (Å²) in [4.78, 5) is 29.2. The highest BCUT2D eigenvalue weighted by atomic mass is 16.2. The largest absolute Gasteiger partial charge is 0.336 e. The lowest BCUT2D eigenvalue weighted by Crippen LogP contribution is -2.55. The fourth-order valence-electron chi connectivity index (χ4n) is 3.64. The molecule has 106 valence electrons. The van der Waals surface area contributed by atoms with Gasteiger partial charge in [0.25, 0.3) is 5.91 Å². The van der Waals surface area contributed by atoms with Gasteiger partial charge in [-0.15, -0.1) is 0 Å². The molecule has 0 bridgehead atoms. The molecule has 0 aromatic carbocycles. The number of hydrogen-bond donors (Lipinski definition) is 1. The van der Waals surface area contributed by atoms with E-state index in [-0.39, 0.29) is 11.9 Å². The van der Waals surface area contributed by atoms with Crippen molar-refractivity contribution < 1.29 is 4.79 Å². The minimum Gasteiger partial charge on any atom is -0.336 e. The molecule has 1 aliphatic carbocycles. The van der Waals surface area contributed by atoms with E-state index in [0.29, 0.717) is 17.8 Å². The minimum absolute atomic E-state index is 0.00873. The number of aryl methyl sites for hydroxylation is 1. The molecule has 1 aromatic heterocycles. The molecule has 2 aliphatic heterocycles. The highest BCUT2D eigenvalue weighted by molar-refractivity contribution is 6.18. The number of hydrogen-bond acceptors (Lipinski definition) is 4. The molecule has 1 N–H and O–H groups in total. The topological polar surface area (TPSA) is 64.6 Å². The maximum atomic E-state index is 12.7. The van der Waals surface area contributed by atoms with Crippen LogP contribution in [-0.4, -0.2) is 44.9 Å². The number of aliphatic imine (C=N–C) groups is 1. The molecule has 0 spiro atoms. The van der Waals surface area contributed by atoms with Crippen LogP contribution in [0.15, 0.2) is 4.99 Å². The summed E-state index contributed by atoms with van der Waals surface area (Å²) in [5, 5.41) is 0. The molecule has 6 nitrogen and oxygen atoms in total. The van der Waals surface area contributed by atoms with E-state index in [1.54, 1.807) is 4.90 Å². The Balaban J connectivity index is 1.91. The Morgan fingerprint density at radius 3 is 2.90 bits per heavy atom. The van der Waals surface area contributed by atoms with Gasteiger partial charge in [0.1, 0.15) is 11.5 Å². The van der Waals surface area contributed by atoms with Gasteiger partial charge in [-0.1, -0.05) is 0 Å². The quantitative estimate of drug-likeness (QED) is 0.846. The highest BCUT2D eigenvalue weighted by Crippen LogP contribution is 2.40. The Hall–Kier alpha value is -1.85. The Bertz CT molecular complexity index is 617. The van der Waals surface area contributed by atoms with Crippen LogP contribution in [0.3, 0.4) is 0 Å². The number of carbonyl (C=O) groups excluding carboxylic acids is 1. The first-order chi connectivity index (χ1) is 9.58. The van der Waals surface area contributed by atoms with Crippen LogP contribution in [0.25, 0.3) is 0 Å². The van der Waals surface area contributed by atoms with Crippen LogP contribution in [0, 0.1) is 6.92 Å². The SMILES string of the molecule is Cc1nc2c([nH]1)C(=O)N(C(C)C)C1=N[C@@H]3CCC[C@@H]3N12. The van der Waals surface area contributed by atoms with Crippen LogP contribution in [0.1, 0.15) is 49.4 Å². The number of rotatable bonds is 1. The third kappa shape index (κ3) is 1.36. The zero-order chi connectivity index (χ0) is 14.0. The van der Waals surface area contributed by atoms with E-state index in [4.69, 9.17) is 4.99 Å². The molecule has 0 radical (unpaired) electrons. The second kappa shape index (κ2) is 3.84. The van der Waals surface area contributed by atoms with Crippen molar-refractivity contribution in [1.29, 1.82) is 0 Å². The van der Waals surface area contributed by atoms with Gasteiger partial charge in [0.2, 0.25) is 5.96 Å². The van der Waals surface area contributed by atoms with Crippen molar-refractivity contribution in [2.24, 2.45) is 4.99 Å². The number of imidazole rings is 1. The van der Waals surface area contributed by atoms with Gasteiger partial charge in [-0.25, -0.2) is 9.98 Å². The summed E-state index contributed by atoms with van der Waals surface area (Å²) < 4.78 is 0. The zero-order valence-corrected chi connectivity index (χ0v) is 12.1. The van der Waals surface area contributed by atoms with E-state index in [1.807, 2.05) is 20.8 Å². The van der Waals surface area contributed by atoms with Crippen molar-refractivity contribution in [3.63, 3.8) is 0 Å². The number of fused-ring (bicyclic) bond motifs is 5. The van der Waals surface area contributed by atoms with Crippen molar-refractivity contribution in [3.05, 3.63) is 11.5 Å². The summed E-state index contributed by atoms with van der Waals surface area (Å²) in [7, 11) is 0. The van der Waals surface area contributed by atoms with Crippen LogP contribution < -0.4 is 4.90 Å². The van der Waals surface area contributed by atoms with Crippen molar-refractivity contribution >= 4 is 17.7 Å². The fraction of sp³-hybridized carbons (Fsp3) is 0.643. The van der Waals surface area contributed by atoms with E-state index >= 15 is 0 Å². The number of aromatic amines is 1. The third-order valence-corrected chi connectivity index (χ3v) is 4.47. The van der Waals surface area contributed by atoms with Crippen LogP contribution in [-0.2, 0) is 0 Å². The maximum Gasteiger partial charge on any atom is 0.281 e. The molecular formula is C14H19N5O. The third-order valence-electron chi connectivity index (χ3n) is 4.47. The molecule has 0 unspecified atom stereocenters. The molecule has 3 heterocycles. The standard InChI is InChI=1S/C14H19N5O/c1-7(2)18-13(20)11-12(16-8(3)15-11)19-10-6-4-5-9(10)17-14(18)19/h7,9-10H,4-6H2,1-3H3,(H,15,16)/t9-,10+/m1/s1. The molecule has 1 saturated carbocycles. The predicted molar refractivity (Wildman–Crippen MR) is 76.0 cm³/mol. The van der Waals surface area contributed by atoms with Crippen molar-refractivity contribution in [2.75, 3.05) is 4.90 Å². The average Bonchev–Trinajstić information content (AvgIpc) is 3.01. The summed E-state index contributed by atoms with van der Waals surface area (Å²) in [5.41, 5.74) is 0.614. The average molecular weight is 273 g/mol. The maximum absolute atomic E-state index is 12.7. The van der Waals surface area contributed by atoms with Gasteiger partial charge in [-0.3, -0.25) is 14.6 Å². The summed E-state index contributed by atoms with van der Waals surface area (Å²) >= 11 is 0. The molecule has 1 amide bonds. The predicted octanol–water partition coefficient (Wildman–Crippen LogP) is 1.68. The Morgan fingerprint density at radius 2 is 2.15 bits per heavy atom. The normalized spacial score (nSPS) is 27.8. The van der Waals surface area contributed by atoms with E-state index in [9.17, 15) is 4.79 Å². The van der Waals surface area contributed by atoms with E-state index in [0.717, 1.165) is 30.4 Å². The van der Waals surface area contributed by atoms with Crippen molar-refractivity contribution in [1.82, 2.24) is 14.9 Å². The van der Waals surface area contributed by atoms with E-state index in [1.165, 1.54) is 6.42 Å². The second-order valence-electron chi connectivity index (χ2n) is 6.15. The van der Waals surface area contributed by atoms with Crippen LogP contribution >= 0.6 is 0 Å². The number of nitrogens with zero attached hydrogens (tertiary/aromatic N) is 4. The highest BCUT2D eigenvalue weighted by Gasteiger charge is 2.49. The van der Waals surface area contributed by atoms with Crippen LogP contribution in [0.2, 0.25) is 0 Å². The second-order valence-corrected chi connectivity index (χ2v) is 6.15. The molecule has 0 saturated heterocycles. The molecule has 4 rings (SSSR count). The number of aromatic nitrogens is 2. The summed E-state index contributed by atoms with van der Waals surface area (Å²) in [5.74, 6) is 2.36. The zero-order valence-electron chi connectivity index (χ0n) is 12.1. The van der Waals surface area contributed by atoms with E-state index < -0.39 is 0 Å². The molecule has 1 fully saturated rings. The molecule has 2 atom stereocenters. The van der Waals surface area contributed by atoms with Gasteiger partial charge >= 0.3 is 0 Å². The molecule has 3 aliphatic rings. The van der Waals surface area contributed by atoms with Gasteiger partial charge in [0, 0.05) is 6.04 Å². The van der Waals surface area contributed by atoms with E-state index in [2.05, 4.69) is 14.9 Å². The number of guanidine groups is 1. The number of nitrogens with one attached hydrogen (secondary N) is 1. The molecule has 6 heteroatoms. The number of anilines is 1. The summed E-state index contributed by atoms with van der Waals surface area (Å²) in [6, 6.07) is 0.794. The van der Waals surface area contributed by atoms with Crippen LogP contribution in [0.5, 0.6) is 0 Å². The van der Waals surface area contributed by atoms with Crippen molar-refractivity contribution in [2.45, 2.75) is 58.2 Å². The molecule has 1 aromatic rings. The number of amides is 1. The van der Waals surface area contributed by atoms with Crippen molar-refractivity contribution in [3.8, 4) is 0 Å². The first kappa shape index (κ1) is 11.9. The van der Waals surface area contributed by atoms with Gasteiger partial charge in [0.15, 0.2) is 5.82 Å². The van der Waals surface area contributed by atoms with Gasteiger partial charge in [-0.2, -0.15) is 0 Å². The van der Waals surface area contributed by atoms with Gasteiger partial charge in [0.05, 0.1) is 12.1 Å². The molecule has 20 heavy (non-hydrogen) atoms. The van der Waals surface area contributed by atoms with Crippen LogP contribution in [0.4, 0.5) is 5.82 Å². The lowest BCUT2D eigenvalue weighted by atomic mass is 10.1. The lowest BCUT2D eigenvalue weighted by Gasteiger charge is -2.37. The van der Waals surface area contributed by atoms with Gasteiger partial charge < -0.3 is 4.98 Å². The Morgan fingerprint density at radius 1 is 1.35 bits per heavy atom. The first-order valence-electron chi connectivity index (χ1n) is 7.35. The smallest absolute Gasteiger partial charge is 0.281 e. The monoisotopic (exact) mass is 273 g/mol. The fourth-order valence-corrected chi connectivity index (χ4v) is 3.64. The lowest BCUT2D eigenvalue weighted by molar-refractivity contribution is 0.0805. The Labute approximate surface area is 117 Å². The Kier molecular flexibility index (Phi) is 2.29. The number of carbonyl (C=O) groups is 1. The minimum atomic E-state index is -0.00873. The molecular weight excluding hydrogens is 254 g/mol.